The average Bonchev–Trinajstić information content (AvgIpc) is 2.38. The third kappa shape index (κ3) is 7.57. The molecule has 0 spiro atoms. The van der Waals surface area contributed by atoms with E-state index in [1.54, 1.807) is 0 Å². The molecule has 0 saturated heterocycles. The van der Waals surface area contributed by atoms with Crippen LogP contribution in [0.4, 0.5) is 11.9 Å². The number of nitrogens with zero attached hydrogens (tertiary/aromatic N) is 4. The third-order valence-electron chi connectivity index (χ3n) is 2.59. The highest BCUT2D eigenvalue weighted by Gasteiger charge is 2.05. The molecule has 0 radical (unpaired) electrons. The van der Waals surface area contributed by atoms with E-state index < -0.39 is 10.0 Å². The van der Waals surface area contributed by atoms with Crippen molar-refractivity contribution in [1.82, 2.24) is 25.0 Å². The molecule has 0 saturated carbocycles. The molecule has 1 rings (SSSR count). The fourth-order valence-electron chi connectivity index (χ4n) is 1.70. The third-order valence-corrected chi connectivity index (χ3v) is 3.16. The molecule has 11 heteroatoms. The Labute approximate surface area is 129 Å². The van der Waals surface area contributed by atoms with Crippen molar-refractivity contribution in [2.45, 2.75) is 25.7 Å². The van der Waals surface area contributed by atoms with E-state index in [-0.39, 0.29) is 17.9 Å². The highest BCUT2D eigenvalue weighted by atomic mass is 32.2. The number of guanidine groups is 1. The van der Waals surface area contributed by atoms with Gasteiger partial charge in [-0.2, -0.15) is 15.0 Å². The van der Waals surface area contributed by atoms with E-state index in [0.29, 0.717) is 18.8 Å². The van der Waals surface area contributed by atoms with Crippen molar-refractivity contribution in [3.63, 3.8) is 0 Å². The van der Waals surface area contributed by atoms with Gasteiger partial charge in [0.15, 0.2) is 0 Å². The zero-order chi connectivity index (χ0) is 16.6. The lowest BCUT2D eigenvalue weighted by atomic mass is 10.2. The molecule has 1 aromatic rings. The number of aryl methyl sites for hydroxylation is 1. The zero-order valence-corrected chi connectivity index (χ0v) is 13.5. The molecule has 124 valence electrons. The van der Waals surface area contributed by atoms with Gasteiger partial charge in [0.25, 0.3) is 0 Å². The van der Waals surface area contributed by atoms with Gasteiger partial charge in [0.1, 0.15) is 5.82 Å². The van der Waals surface area contributed by atoms with E-state index in [1.165, 1.54) is 7.05 Å². The number of nitrogen functional groups attached to an aromatic ring is 2. The number of anilines is 2. The first-order valence-electron chi connectivity index (χ1n) is 6.74. The second-order valence-electron chi connectivity index (χ2n) is 4.65. The normalized spacial score (nSPS) is 12.2. The molecule has 10 nitrogen and oxygen atoms in total. The van der Waals surface area contributed by atoms with Gasteiger partial charge in [-0.25, -0.2) is 8.42 Å². The summed E-state index contributed by atoms with van der Waals surface area (Å²) in [6.07, 6.45) is 4.36. The van der Waals surface area contributed by atoms with Crippen molar-refractivity contribution in [3.8, 4) is 0 Å². The molecule has 1 heterocycles. The SMILES string of the molecule is CN=C(NCCCCCc1nc(N)nc(N)n1)NS(C)(=O)=O. The van der Waals surface area contributed by atoms with Crippen molar-refractivity contribution in [3.05, 3.63) is 5.82 Å². The largest absolute Gasteiger partial charge is 0.368 e. The number of unbranched alkanes of at least 4 members (excludes halogenated alkanes) is 2. The molecular weight excluding hydrogens is 308 g/mol. The topological polar surface area (TPSA) is 161 Å². The summed E-state index contributed by atoms with van der Waals surface area (Å²) in [5.74, 6) is 1.06. The van der Waals surface area contributed by atoms with Crippen LogP contribution in [0.2, 0.25) is 0 Å². The van der Waals surface area contributed by atoms with Gasteiger partial charge in [-0.1, -0.05) is 6.42 Å². The minimum atomic E-state index is -3.32. The lowest BCUT2D eigenvalue weighted by Crippen LogP contribution is -2.40. The molecule has 0 fully saturated rings. The maximum Gasteiger partial charge on any atom is 0.232 e. The Morgan fingerprint density at radius 2 is 1.77 bits per heavy atom. The predicted octanol–water partition coefficient (Wildman–Crippen LogP) is -1.13. The number of aliphatic imine (C=N–C) groups is 1. The van der Waals surface area contributed by atoms with E-state index in [9.17, 15) is 8.42 Å². The lowest BCUT2D eigenvalue weighted by Gasteiger charge is -2.09. The Hall–Kier alpha value is -2.17. The quantitative estimate of drug-likeness (QED) is 0.277. The minimum Gasteiger partial charge on any atom is -0.368 e. The maximum atomic E-state index is 11.1. The summed E-state index contributed by atoms with van der Waals surface area (Å²) in [4.78, 5) is 15.5. The van der Waals surface area contributed by atoms with Gasteiger partial charge < -0.3 is 16.8 Å². The van der Waals surface area contributed by atoms with E-state index in [1.807, 2.05) is 0 Å². The van der Waals surface area contributed by atoms with Crippen LogP contribution in [-0.4, -0.2) is 49.2 Å². The van der Waals surface area contributed by atoms with Crippen molar-refractivity contribution in [2.75, 3.05) is 31.3 Å². The average molecular weight is 330 g/mol. The maximum absolute atomic E-state index is 11.1. The van der Waals surface area contributed by atoms with Gasteiger partial charge in [0.05, 0.1) is 6.26 Å². The number of nitrogens with two attached hydrogens (primary N) is 2. The van der Waals surface area contributed by atoms with Crippen LogP contribution in [0.3, 0.4) is 0 Å². The molecular formula is C11H22N8O2S. The number of nitrogens with one attached hydrogen (secondary N) is 2. The Balaban J connectivity index is 2.23. The molecule has 0 atom stereocenters. The second kappa shape index (κ2) is 8.32. The van der Waals surface area contributed by atoms with Crippen LogP contribution in [0.1, 0.15) is 25.1 Å². The van der Waals surface area contributed by atoms with Crippen molar-refractivity contribution in [2.24, 2.45) is 4.99 Å². The Bertz CT molecular complexity index is 596. The van der Waals surface area contributed by atoms with Gasteiger partial charge in [-0.3, -0.25) is 9.71 Å². The summed E-state index contributed by atoms with van der Waals surface area (Å²) in [5.41, 5.74) is 11.0. The van der Waals surface area contributed by atoms with E-state index in [2.05, 4.69) is 30.0 Å². The van der Waals surface area contributed by atoms with E-state index in [0.717, 1.165) is 25.5 Å². The summed E-state index contributed by atoms with van der Waals surface area (Å²) in [6.45, 7) is 0.608. The Morgan fingerprint density at radius 1 is 1.14 bits per heavy atom. The summed E-state index contributed by atoms with van der Waals surface area (Å²) >= 11 is 0. The second-order valence-corrected chi connectivity index (χ2v) is 6.40. The minimum absolute atomic E-state index is 0.125. The summed E-state index contributed by atoms with van der Waals surface area (Å²) < 4.78 is 24.4. The monoisotopic (exact) mass is 330 g/mol. The standard InChI is InChI=1S/C11H22N8O2S/c1-14-11(19-22(2,20)21)15-7-5-3-4-6-8-16-9(12)18-10(13)17-8/h3-7H2,1-2H3,(H2,14,15,19)(H4,12,13,16,17,18). The van der Waals surface area contributed by atoms with Gasteiger partial charge in [0.2, 0.25) is 27.9 Å². The van der Waals surface area contributed by atoms with Crippen LogP contribution >= 0.6 is 0 Å². The van der Waals surface area contributed by atoms with Crippen LogP contribution in [0.5, 0.6) is 0 Å². The van der Waals surface area contributed by atoms with Gasteiger partial charge in [-0.05, 0) is 12.8 Å². The molecule has 22 heavy (non-hydrogen) atoms. The molecule has 0 bridgehead atoms. The first-order valence-corrected chi connectivity index (χ1v) is 8.63. The number of rotatable bonds is 7. The summed E-state index contributed by atoms with van der Waals surface area (Å²) in [5, 5.41) is 2.92. The Kier molecular flexibility index (Phi) is 6.76. The van der Waals surface area contributed by atoms with Gasteiger partial charge in [0, 0.05) is 20.0 Å². The number of sulfonamides is 1. The number of hydrogen-bond donors (Lipinski definition) is 4. The van der Waals surface area contributed by atoms with E-state index in [4.69, 9.17) is 11.5 Å². The van der Waals surface area contributed by atoms with Crippen LogP contribution < -0.4 is 21.5 Å². The van der Waals surface area contributed by atoms with Gasteiger partial charge >= 0.3 is 0 Å². The molecule has 0 aliphatic carbocycles. The van der Waals surface area contributed by atoms with E-state index >= 15 is 0 Å². The fraction of sp³-hybridized carbons (Fsp3) is 0.636. The number of aromatic nitrogens is 3. The van der Waals surface area contributed by atoms with Crippen LogP contribution in [0, 0.1) is 0 Å². The summed E-state index contributed by atoms with van der Waals surface area (Å²) in [6, 6.07) is 0. The molecule has 0 amide bonds. The molecule has 0 unspecified atom stereocenters. The predicted molar refractivity (Wildman–Crippen MR) is 85.5 cm³/mol. The molecule has 6 N–H and O–H groups in total. The van der Waals surface area contributed by atoms with Crippen molar-refractivity contribution < 1.29 is 8.42 Å². The molecule has 1 aromatic heterocycles. The molecule has 0 aliphatic heterocycles. The highest BCUT2D eigenvalue weighted by molar-refractivity contribution is 7.89. The van der Waals surface area contributed by atoms with Gasteiger partial charge in [-0.15, -0.1) is 0 Å². The van der Waals surface area contributed by atoms with Crippen LogP contribution in [-0.2, 0) is 16.4 Å². The Morgan fingerprint density at radius 3 is 2.32 bits per heavy atom. The fourth-order valence-corrected chi connectivity index (χ4v) is 2.21. The first kappa shape index (κ1) is 17.9. The summed E-state index contributed by atoms with van der Waals surface area (Å²) in [7, 11) is -1.81. The molecule has 0 aromatic carbocycles. The smallest absolute Gasteiger partial charge is 0.232 e. The molecule has 0 aliphatic rings. The zero-order valence-electron chi connectivity index (χ0n) is 12.7. The first-order chi connectivity index (χ1) is 10.3. The van der Waals surface area contributed by atoms with Crippen molar-refractivity contribution >= 4 is 27.9 Å². The lowest BCUT2D eigenvalue weighted by molar-refractivity contribution is 0.596. The highest BCUT2D eigenvalue weighted by Crippen LogP contribution is 2.04. The van der Waals surface area contributed by atoms with Crippen LogP contribution in [0.15, 0.2) is 4.99 Å². The number of hydrogen-bond acceptors (Lipinski definition) is 8. The van der Waals surface area contributed by atoms with Crippen molar-refractivity contribution in [1.29, 1.82) is 0 Å². The van der Waals surface area contributed by atoms with Crippen LogP contribution in [0.25, 0.3) is 0 Å².